The van der Waals surface area contributed by atoms with Crippen LogP contribution in [0.1, 0.15) is 28.8 Å². The molecule has 2 N–H and O–H groups in total. The number of halogens is 1. The lowest BCUT2D eigenvalue weighted by Crippen LogP contribution is -2.39. The second-order valence-corrected chi connectivity index (χ2v) is 8.18. The van der Waals surface area contributed by atoms with Gasteiger partial charge in [-0.05, 0) is 53.9 Å². The van der Waals surface area contributed by atoms with Gasteiger partial charge in [0.15, 0.2) is 0 Å². The Morgan fingerprint density at radius 2 is 1.93 bits per heavy atom. The standard InChI is InChI=1S/C20H16IN3O3/c21-11-4-5-15-13(10-11)18(25)24-17(23-15)12-2-1-3-14-16(12)19(26)27-20(14)6-8-22-9-7-20/h1-5,10,22H,6-9H2,(H,23,24,25). The molecule has 1 saturated heterocycles. The first-order chi connectivity index (χ1) is 13.1. The van der Waals surface area contributed by atoms with Crippen molar-refractivity contribution >= 4 is 39.5 Å². The first-order valence-corrected chi connectivity index (χ1v) is 9.93. The lowest BCUT2D eigenvalue weighted by Gasteiger charge is -2.33. The maximum Gasteiger partial charge on any atom is 0.340 e. The summed E-state index contributed by atoms with van der Waals surface area (Å²) in [6.07, 6.45) is 1.49. The zero-order valence-electron chi connectivity index (χ0n) is 14.3. The third kappa shape index (κ3) is 2.60. The predicted molar refractivity (Wildman–Crippen MR) is 110 cm³/mol. The van der Waals surface area contributed by atoms with Crippen molar-refractivity contribution < 1.29 is 9.53 Å². The number of rotatable bonds is 1. The van der Waals surface area contributed by atoms with E-state index in [1.807, 2.05) is 30.3 Å². The highest BCUT2D eigenvalue weighted by molar-refractivity contribution is 14.1. The number of hydrogen-bond acceptors (Lipinski definition) is 5. The Morgan fingerprint density at radius 3 is 2.74 bits per heavy atom. The molecular formula is C20H16IN3O3. The van der Waals surface area contributed by atoms with Crippen LogP contribution in [0.15, 0.2) is 41.2 Å². The fraction of sp³-hybridized carbons (Fsp3) is 0.250. The normalized spacial score (nSPS) is 17.9. The van der Waals surface area contributed by atoms with E-state index in [1.54, 1.807) is 6.07 Å². The van der Waals surface area contributed by atoms with Gasteiger partial charge in [0.25, 0.3) is 5.56 Å². The third-order valence-corrected chi connectivity index (χ3v) is 6.05. The molecule has 136 valence electrons. The van der Waals surface area contributed by atoms with Gasteiger partial charge in [-0.15, -0.1) is 0 Å². The Labute approximate surface area is 168 Å². The first-order valence-electron chi connectivity index (χ1n) is 8.85. The van der Waals surface area contributed by atoms with Crippen LogP contribution in [0.5, 0.6) is 0 Å². The van der Waals surface area contributed by atoms with Crippen LogP contribution in [0.4, 0.5) is 0 Å². The van der Waals surface area contributed by atoms with Gasteiger partial charge in [0.1, 0.15) is 11.4 Å². The molecule has 7 heteroatoms. The molecule has 0 amide bonds. The minimum absolute atomic E-state index is 0.214. The van der Waals surface area contributed by atoms with Gasteiger partial charge >= 0.3 is 5.97 Å². The number of ether oxygens (including phenoxy) is 1. The number of carbonyl (C=O) groups is 1. The summed E-state index contributed by atoms with van der Waals surface area (Å²) in [6.45, 7) is 1.61. The molecule has 3 aromatic rings. The molecule has 1 aromatic heterocycles. The van der Waals surface area contributed by atoms with E-state index in [0.717, 1.165) is 35.1 Å². The molecule has 1 spiro atoms. The van der Waals surface area contributed by atoms with Gasteiger partial charge in [-0.2, -0.15) is 0 Å². The fourth-order valence-electron chi connectivity index (χ4n) is 4.07. The van der Waals surface area contributed by atoms with Crippen LogP contribution in [0.25, 0.3) is 22.3 Å². The van der Waals surface area contributed by atoms with Gasteiger partial charge in [0.2, 0.25) is 0 Å². The van der Waals surface area contributed by atoms with Crippen molar-refractivity contribution in [3.05, 3.63) is 61.4 Å². The number of benzene rings is 2. The zero-order chi connectivity index (χ0) is 18.6. The fourth-order valence-corrected chi connectivity index (χ4v) is 4.56. The van der Waals surface area contributed by atoms with Gasteiger partial charge in [-0.3, -0.25) is 4.79 Å². The van der Waals surface area contributed by atoms with Crippen molar-refractivity contribution in [3.63, 3.8) is 0 Å². The minimum Gasteiger partial charge on any atom is -0.450 e. The minimum atomic E-state index is -0.569. The number of H-pyrrole nitrogens is 1. The van der Waals surface area contributed by atoms with Gasteiger partial charge in [0, 0.05) is 27.5 Å². The monoisotopic (exact) mass is 473 g/mol. The highest BCUT2D eigenvalue weighted by atomic mass is 127. The molecule has 0 aliphatic carbocycles. The molecule has 27 heavy (non-hydrogen) atoms. The van der Waals surface area contributed by atoms with Crippen LogP contribution in [-0.4, -0.2) is 29.0 Å². The van der Waals surface area contributed by atoms with Crippen LogP contribution in [0.2, 0.25) is 0 Å². The Morgan fingerprint density at radius 1 is 1.11 bits per heavy atom. The Bertz CT molecular complexity index is 1150. The van der Waals surface area contributed by atoms with E-state index in [9.17, 15) is 9.59 Å². The molecule has 6 nitrogen and oxygen atoms in total. The van der Waals surface area contributed by atoms with Crippen LogP contribution in [0, 0.1) is 3.57 Å². The number of nitrogens with one attached hydrogen (secondary N) is 2. The summed E-state index contributed by atoms with van der Waals surface area (Å²) in [6, 6.07) is 11.2. The third-order valence-electron chi connectivity index (χ3n) is 5.38. The maximum atomic E-state index is 12.8. The largest absolute Gasteiger partial charge is 0.450 e. The number of aromatic amines is 1. The quantitative estimate of drug-likeness (QED) is 0.420. The highest BCUT2D eigenvalue weighted by Gasteiger charge is 2.47. The molecule has 2 aromatic carbocycles. The van der Waals surface area contributed by atoms with Crippen molar-refractivity contribution in [2.75, 3.05) is 13.1 Å². The smallest absolute Gasteiger partial charge is 0.340 e. The molecule has 0 unspecified atom stereocenters. The average molecular weight is 473 g/mol. The Hall–Kier alpha value is -2.26. The number of aromatic nitrogens is 2. The number of nitrogens with zero attached hydrogens (tertiary/aromatic N) is 1. The van der Waals surface area contributed by atoms with E-state index in [2.05, 4.69) is 37.9 Å². The molecule has 3 heterocycles. The summed E-state index contributed by atoms with van der Waals surface area (Å²) in [5.74, 6) is 0.0568. The number of hydrogen-bond donors (Lipinski definition) is 2. The van der Waals surface area contributed by atoms with Crippen molar-refractivity contribution in [2.24, 2.45) is 0 Å². The van der Waals surface area contributed by atoms with Gasteiger partial charge in [-0.25, -0.2) is 9.78 Å². The van der Waals surface area contributed by atoms with Crippen molar-refractivity contribution in [3.8, 4) is 11.4 Å². The van der Waals surface area contributed by atoms with E-state index >= 15 is 0 Å². The van der Waals surface area contributed by atoms with Crippen LogP contribution < -0.4 is 10.9 Å². The van der Waals surface area contributed by atoms with E-state index in [4.69, 9.17) is 4.74 Å². The molecule has 2 aliphatic heterocycles. The van der Waals surface area contributed by atoms with Crippen molar-refractivity contribution in [2.45, 2.75) is 18.4 Å². The predicted octanol–water partition coefficient (Wildman–Crippen LogP) is 2.94. The maximum absolute atomic E-state index is 12.8. The zero-order valence-corrected chi connectivity index (χ0v) is 16.5. The lowest BCUT2D eigenvalue weighted by molar-refractivity contribution is -0.0241. The highest BCUT2D eigenvalue weighted by Crippen LogP contribution is 2.45. The van der Waals surface area contributed by atoms with E-state index in [-0.39, 0.29) is 11.5 Å². The van der Waals surface area contributed by atoms with Gasteiger partial charge in [0.05, 0.1) is 16.5 Å². The lowest BCUT2D eigenvalue weighted by atomic mass is 9.83. The molecule has 1 fully saturated rings. The second kappa shape index (κ2) is 6.13. The molecule has 2 aliphatic rings. The van der Waals surface area contributed by atoms with Crippen molar-refractivity contribution in [1.29, 1.82) is 0 Å². The molecule has 0 radical (unpaired) electrons. The van der Waals surface area contributed by atoms with E-state index in [1.165, 1.54) is 0 Å². The summed E-state index contributed by atoms with van der Waals surface area (Å²) in [7, 11) is 0. The molecule has 0 atom stereocenters. The summed E-state index contributed by atoms with van der Waals surface area (Å²) < 4.78 is 6.83. The number of piperidine rings is 1. The summed E-state index contributed by atoms with van der Waals surface area (Å²) in [5.41, 5.74) is 1.86. The second-order valence-electron chi connectivity index (χ2n) is 6.94. The molecular weight excluding hydrogens is 457 g/mol. The average Bonchev–Trinajstić information content (AvgIpc) is 2.94. The number of carbonyl (C=O) groups excluding carboxylic acids is 1. The SMILES string of the molecule is O=C1OC2(CCNCC2)c2cccc(-c3nc4ccc(I)cc4c(=O)[nH]3)c21. The van der Waals surface area contributed by atoms with Gasteiger partial charge in [-0.1, -0.05) is 18.2 Å². The summed E-state index contributed by atoms with van der Waals surface area (Å²) in [4.78, 5) is 32.8. The van der Waals surface area contributed by atoms with E-state index < -0.39 is 5.60 Å². The molecule has 0 bridgehead atoms. The Kier molecular flexibility index (Phi) is 3.83. The number of fused-ring (bicyclic) bond motifs is 3. The van der Waals surface area contributed by atoms with Crippen LogP contribution in [0.3, 0.4) is 0 Å². The summed E-state index contributed by atoms with van der Waals surface area (Å²) in [5, 5.41) is 3.85. The molecule has 5 rings (SSSR count). The van der Waals surface area contributed by atoms with Gasteiger partial charge < -0.3 is 15.0 Å². The topological polar surface area (TPSA) is 84.1 Å². The van der Waals surface area contributed by atoms with E-state index in [0.29, 0.717) is 27.9 Å². The molecule has 0 saturated carbocycles. The Balaban J connectivity index is 1.72. The van der Waals surface area contributed by atoms with Crippen molar-refractivity contribution in [1.82, 2.24) is 15.3 Å². The first kappa shape index (κ1) is 16.9. The van der Waals surface area contributed by atoms with Crippen LogP contribution in [-0.2, 0) is 10.3 Å². The number of esters is 1. The van der Waals surface area contributed by atoms with Crippen LogP contribution >= 0.6 is 22.6 Å². The summed E-state index contributed by atoms with van der Waals surface area (Å²) >= 11 is 2.17.